The molecule has 6 heteroatoms. The van der Waals surface area contributed by atoms with Gasteiger partial charge in [0.25, 0.3) is 0 Å². The van der Waals surface area contributed by atoms with Crippen LogP contribution in [0.2, 0.25) is 0 Å². The van der Waals surface area contributed by atoms with Crippen molar-refractivity contribution in [3.05, 3.63) is 47.5 Å². The van der Waals surface area contributed by atoms with Crippen molar-refractivity contribution in [3.8, 4) is 23.0 Å². The summed E-state index contributed by atoms with van der Waals surface area (Å²) in [5, 5.41) is 0. The summed E-state index contributed by atoms with van der Waals surface area (Å²) in [6.07, 6.45) is 3.53. The van der Waals surface area contributed by atoms with E-state index in [1.54, 1.807) is 28.4 Å². The van der Waals surface area contributed by atoms with Gasteiger partial charge in [0.15, 0.2) is 23.0 Å². The van der Waals surface area contributed by atoms with Crippen molar-refractivity contribution in [2.75, 3.05) is 39.9 Å². The van der Waals surface area contributed by atoms with Gasteiger partial charge in [0.2, 0.25) is 0 Å². The maximum Gasteiger partial charge on any atom is 0.160 e. The highest BCUT2D eigenvalue weighted by molar-refractivity contribution is 7.84. The van der Waals surface area contributed by atoms with E-state index in [1.165, 1.54) is 11.1 Å². The Kier molecular flexibility index (Phi) is 9.14. The number of hydrogen-bond acceptors (Lipinski definition) is 5. The van der Waals surface area contributed by atoms with Crippen LogP contribution < -0.4 is 18.9 Å². The minimum absolute atomic E-state index is 0.709. The Labute approximate surface area is 170 Å². The SMILES string of the molecule is COc1ccc(CCCS(=O)CCCc2ccc(OC)c(OC)c2)cc1OC. The predicted octanol–water partition coefficient (Wildman–Crippen LogP) is 4.04. The summed E-state index contributed by atoms with van der Waals surface area (Å²) in [5.74, 6) is 4.34. The molecular weight excluding hydrogens is 376 g/mol. The molecule has 0 spiro atoms. The molecule has 0 aliphatic carbocycles. The van der Waals surface area contributed by atoms with E-state index in [2.05, 4.69) is 0 Å². The van der Waals surface area contributed by atoms with Crippen LogP contribution in [0.3, 0.4) is 0 Å². The van der Waals surface area contributed by atoms with Crippen LogP contribution >= 0.6 is 0 Å². The van der Waals surface area contributed by atoms with E-state index in [1.807, 2.05) is 36.4 Å². The average Bonchev–Trinajstić information content (AvgIpc) is 2.73. The lowest BCUT2D eigenvalue weighted by molar-refractivity contribution is 0.354. The molecule has 2 aromatic rings. The molecule has 0 saturated carbocycles. The average molecular weight is 407 g/mol. The fourth-order valence-electron chi connectivity index (χ4n) is 3.05. The van der Waals surface area contributed by atoms with Gasteiger partial charge in [-0.2, -0.15) is 0 Å². The van der Waals surface area contributed by atoms with Gasteiger partial charge in [-0.1, -0.05) is 12.1 Å². The molecule has 0 atom stereocenters. The van der Waals surface area contributed by atoms with E-state index >= 15 is 0 Å². The first-order valence-corrected chi connectivity index (χ1v) is 10.9. The molecule has 0 aliphatic rings. The molecule has 5 nitrogen and oxygen atoms in total. The number of ether oxygens (including phenoxy) is 4. The highest BCUT2D eigenvalue weighted by Crippen LogP contribution is 2.29. The van der Waals surface area contributed by atoms with Gasteiger partial charge in [-0.15, -0.1) is 0 Å². The fraction of sp³-hybridized carbons (Fsp3) is 0.455. The molecule has 154 valence electrons. The molecule has 0 saturated heterocycles. The first-order chi connectivity index (χ1) is 13.6. The zero-order valence-corrected chi connectivity index (χ0v) is 18.0. The van der Waals surface area contributed by atoms with Crippen LogP contribution in [0.15, 0.2) is 36.4 Å². The van der Waals surface area contributed by atoms with Crippen molar-refractivity contribution in [1.82, 2.24) is 0 Å². The van der Waals surface area contributed by atoms with Crippen molar-refractivity contribution >= 4 is 10.8 Å². The number of aryl methyl sites for hydroxylation is 2. The molecule has 0 fully saturated rings. The third kappa shape index (κ3) is 6.44. The van der Waals surface area contributed by atoms with E-state index in [-0.39, 0.29) is 0 Å². The van der Waals surface area contributed by atoms with Crippen molar-refractivity contribution in [2.24, 2.45) is 0 Å². The summed E-state index contributed by atoms with van der Waals surface area (Å²) in [6, 6.07) is 11.9. The molecule has 0 aromatic heterocycles. The molecule has 2 rings (SSSR count). The van der Waals surface area contributed by atoms with E-state index < -0.39 is 10.8 Å². The van der Waals surface area contributed by atoms with Crippen LogP contribution in [0.5, 0.6) is 23.0 Å². The number of hydrogen-bond donors (Lipinski definition) is 0. The Bertz CT molecular complexity index is 712. The monoisotopic (exact) mass is 406 g/mol. The molecule has 0 unspecified atom stereocenters. The first kappa shape index (κ1) is 22.1. The molecule has 0 radical (unpaired) electrons. The van der Waals surface area contributed by atoms with Crippen LogP contribution in [-0.4, -0.2) is 44.2 Å². The lowest BCUT2D eigenvalue weighted by atomic mass is 10.1. The van der Waals surface area contributed by atoms with Crippen molar-refractivity contribution < 1.29 is 23.2 Å². The Morgan fingerprint density at radius 1 is 0.643 bits per heavy atom. The van der Waals surface area contributed by atoms with Gasteiger partial charge < -0.3 is 18.9 Å². The highest BCUT2D eigenvalue weighted by Gasteiger charge is 2.07. The zero-order chi connectivity index (χ0) is 20.4. The van der Waals surface area contributed by atoms with E-state index in [9.17, 15) is 4.21 Å². The number of rotatable bonds is 12. The Hall–Kier alpha value is -2.21. The molecule has 0 amide bonds. The maximum atomic E-state index is 12.3. The Morgan fingerprint density at radius 3 is 1.39 bits per heavy atom. The topological polar surface area (TPSA) is 54.0 Å². The lowest BCUT2D eigenvalue weighted by Gasteiger charge is -2.10. The quantitative estimate of drug-likeness (QED) is 0.533. The van der Waals surface area contributed by atoms with Gasteiger partial charge in [-0.05, 0) is 61.1 Å². The second kappa shape index (κ2) is 11.6. The van der Waals surface area contributed by atoms with Crippen LogP contribution in [0.25, 0.3) is 0 Å². The minimum Gasteiger partial charge on any atom is -0.493 e. The summed E-state index contributed by atoms with van der Waals surface area (Å²) in [5.41, 5.74) is 2.33. The number of benzene rings is 2. The van der Waals surface area contributed by atoms with E-state index in [4.69, 9.17) is 18.9 Å². The smallest absolute Gasteiger partial charge is 0.160 e. The summed E-state index contributed by atoms with van der Waals surface area (Å²) in [6.45, 7) is 0. The predicted molar refractivity (Wildman–Crippen MR) is 114 cm³/mol. The van der Waals surface area contributed by atoms with Crippen LogP contribution in [0.1, 0.15) is 24.0 Å². The minimum atomic E-state index is -0.805. The summed E-state index contributed by atoms with van der Waals surface area (Å²) >= 11 is 0. The molecular formula is C22H30O5S. The fourth-order valence-corrected chi connectivity index (χ4v) is 4.19. The largest absolute Gasteiger partial charge is 0.493 e. The van der Waals surface area contributed by atoms with Crippen molar-refractivity contribution in [2.45, 2.75) is 25.7 Å². The van der Waals surface area contributed by atoms with Gasteiger partial charge in [0.05, 0.1) is 28.4 Å². The standard InChI is InChI=1S/C22H30O5S/c1-24-19-11-9-17(15-21(19)26-3)7-5-13-28(23)14-6-8-18-10-12-20(25-2)22(16-18)27-4/h9-12,15-16H,5-8,13-14H2,1-4H3. The summed E-state index contributed by atoms with van der Waals surface area (Å²) in [7, 11) is 5.72. The maximum absolute atomic E-state index is 12.3. The van der Waals surface area contributed by atoms with Gasteiger partial charge in [-0.3, -0.25) is 4.21 Å². The van der Waals surface area contributed by atoms with Gasteiger partial charge >= 0.3 is 0 Å². The molecule has 0 N–H and O–H groups in total. The summed E-state index contributed by atoms with van der Waals surface area (Å²) in [4.78, 5) is 0. The second-order valence-electron chi connectivity index (χ2n) is 6.43. The van der Waals surface area contributed by atoms with E-state index in [0.717, 1.165) is 48.7 Å². The third-order valence-electron chi connectivity index (χ3n) is 4.57. The van der Waals surface area contributed by atoms with E-state index in [0.29, 0.717) is 11.5 Å². The summed E-state index contributed by atoms with van der Waals surface area (Å²) < 4.78 is 33.5. The van der Waals surface area contributed by atoms with Gasteiger partial charge in [0, 0.05) is 22.3 Å². The molecule has 0 bridgehead atoms. The normalized spacial score (nSPS) is 10.8. The van der Waals surface area contributed by atoms with Gasteiger partial charge in [-0.25, -0.2) is 0 Å². The Balaban J connectivity index is 1.73. The molecule has 0 heterocycles. The van der Waals surface area contributed by atoms with Crippen LogP contribution in [0.4, 0.5) is 0 Å². The molecule has 0 aliphatic heterocycles. The molecule has 2 aromatic carbocycles. The van der Waals surface area contributed by atoms with Crippen molar-refractivity contribution in [1.29, 1.82) is 0 Å². The van der Waals surface area contributed by atoms with Crippen LogP contribution in [-0.2, 0) is 23.6 Å². The second-order valence-corrected chi connectivity index (χ2v) is 8.13. The zero-order valence-electron chi connectivity index (χ0n) is 17.2. The van der Waals surface area contributed by atoms with Crippen LogP contribution in [0, 0.1) is 0 Å². The number of methoxy groups -OCH3 is 4. The first-order valence-electron chi connectivity index (χ1n) is 9.38. The molecule has 28 heavy (non-hydrogen) atoms. The van der Waals surface area contributed by atoms with Crippen molar-refractivity contribution in [3.63, 3.8) is 0 Å². The third-order valence-corrected chi connectivity index (χ3v) is 6.06. The Morgan fingerprint density at radius 2 is 1.04 bits per heavy atom. The lowest BCUT2D eigenvalue weighted by Crippen LogP contribution is -2.05. The van der Waals surface area contributed by atoms with Gasteiger partial charge in [0.1, 0.15) is 0 Å². The highest BCUT2D eigenvalue weighted by atomic mass is 32.2.